The summed E-state index contributed by atoms with van der Waals surface area (Å²) in [6.45, 7) is 1.50. The van der Waals surface area contributed by atoms with Crippen LogP contribution in [-0.4, -0.2) is 25.2 Å². The molecule has 1 aliphatic heterocycles. The lowest BCUT2D eigenvalue weighted by atomic mass is 9.91. The molecule has 0 saturated carbocycles. The first-order valence-electron chi connectivity index (χ1n) is 6.09. The zero-order chi connectivity index (χ0) is 13.0. The SMILES string of the molecule is COc1ccc([N+](=O)[O-])c(CC2CCOCC2)c1. The summed E-state index contributed by atoms with van der Waals surface area (Å²) >= 11 is 0. The maximum absolute atomic E-state index is 11.0. The van der Waals surface area contributed by atoms with Crippen molar-refractivity contribution in [2.45, 2.75) is 19.3 Å². The molecule has 1 aromatic rings. The van der Waals surface area contributed by atoms with Gasteiger partial charge >= 0.3 is 0 Å². The highest BCUT2D eigenvalue weighted by atomic mass is 16.6. The van der Waals surface area contributed by atoms with Crippen LogP contribution in [0.1, 0.15) is 18.4 Å². The van der Waals surface area contributed by atoms with Gasteiger partial charge < -0.3 is 9.47 Å². The highest BCUT2D eigenvalue weighted by Gasteiger charge is 2.20. The maximum Gasteiger partial charge on any atom is 0.272 e. The first-order chi connectivity index (χ1) is 8.70. The quantitative estimate of drug-likeness (QED) is 0.609. The van der Waals surface area contributed by atoms with Crippen LogP contribution in [0.25, 0.3) is 0 Å². The van der Waals surface area contributed by atoms with Gasteiger partial charge in [0, 0.05) is 24.8 Å². The molecule has 1 aliphatic rings. The number of hydrogen-bond acceptors (Lipinski definition) is 4. The van der Waals surface area contributed by atoms with Gasteiger partial charge in [-0.15, -0.1) is 0 Å². The molecule has 0 unspecified atom stereocenters. The molecule has 1 aromatic carbocycles. The van der Waals surface area contributed by atoms with Crippen LogP contribution in [0, 0.1) is 16.0 Å². The molecule has 0 atom stereocenters. The molecule has 2 rings (SSSR count). The fraction of sp³-hybridized carbons (Fsp3) is 0.538. The number of rotatable bonds is 4. The number of benzene rings is 1. The highest BCUT2D eigenvalue weighted by molar-refractivity contribution is 5.45. The van der Waals surface area contributed by atoms with Gasteiger partial charge in [0.05, 0.1) is 12.0 Å². The van der Waals surface area contributed by atoms with E-state index in [1.807, 2.05) is 0 Å². The van der Waals surface area contributed by atoms with E-state index in [4.69, 9.17) is 9.47 Å². The van der Waals surface area contributed by atoms with Crippen molar-refractivity contribution in [2.24, 2.45) is 5.92 Å². The zero-order valence-corrected chi connectivity index (χ0v) is 10.4. The van der Waals surface area contributed by atoms with Crippen LogP contribution in [0.2, 0.25) is 0 Å². The molecule has 0 N–H and O–H groups in total. The van der Waals surface area contributed by atoms with Crippen LogP contribution in [-0.2, 0) is 11.2 Å². The van der Waals surface area contributed by atoms with E-state index < -0.39 is 0 Å². The minimum Gasteiger partial charge on any atom is -0.497 e. The fourth-order valence-electron chi connectivity index (χ4n) is 2.29. The molecule has 0 radical (unpaired) electrons. The van der Waals surface area contributed by atoms with Gasteiger partial charge in [-0.25, -0.2) is 0 Å². The second-order valence-corrected chi connectivity index (χ2v) is 4.51. The Hall–Kier alpha value is -1.62. The zero-order valence-electron chi connectivity index (χ0n) is 10.4. The van der Waals surface area contributed by atoms with Crippen LogP contribution in [0.15, 0.2) is 18.2 Å². The molecule has 98 valence electrons. The second-order valence-electron chi connectivity index (χ2n) is 4.51. The van der Waals surface area contributed by atoms with Crippen LogP contribution >= 0.6 is 0 Å². The Morgan fingerprint density at radius 2 is 2.17 bits per heavy atom. The molecule has 0 aromatic heterocycles. The molecule has 0 bridgehead atoms. The number of methoxy groups -OCH3 is 1. The van der Waals surface area contributed by atoms with Crippen molar-refractivity contribution in [1.82, 2.24) is 0 Å². The molecule has 1 fully saturated rings. The summed E-state index contributed by atoms with van der Waals surface area (Å²) in [4.78, 5) is 10.7. The summed E-state index contributed by atoms with van der Waals surface area (Å²) in [5, 5.41) is 11.0. The van der Waals surface area contributed by atoms with Gasteiger partial charge in [0.15, 0.2) is 0 Å². The van der Waals surface area contributed by atoms with Crippen molar-refractivity contribution in [3.63, 3.8) is 0 Å². The third-order valence-corrected chi connectivity index (χ3v) is 3.33. The van der Waals surface area contributed by atoms with Crippen molar-refractivity contribution in [1.29, 1.82) is 0 Å². The summed E-state index contributed by atoms with van der Waals surface area (Å²) in [6.07, 6.45) is 2.65. The Bertz CT molecular complexity index is 427. The van der Waals surface area contributed by atoms with Crippen LogP contribution in [0.4, 0.5) is 5.69 Å². The van der Waals surface area contributed by atoms with Crippen molar-refractivity contribution >= 4 is 5.69 Å². The number of hydrogen-bond donors (Lipinski definition) is 0. The summed E-state index contributed by atoms with van der Waals surface area (Å²) in [5.74, 6) is 1.13. The topological polar surface area (TPSA) is 61.6 Å². The van der Waals surface area contributed by atoms with Gasteiger partial charge in [-0.3, -0.25) is 10.1 Å². The molecular weight excluding hydrogens is 234 g/mol. The van der Waals surface area contributed by atoms with Crippen molar-refractivity contribution in [2.75, 3.05) is 20.3 Å². The van der Waals surface area contributed by atoms with Crippen molar-refractivity contribution in [3.8, 4) is 5.75 Å². The molecule has 0 amide bonds. The minimum atomic E-state index is -0.325. The lowest BCUT2D eigenvalue weighted by Gasteiger charge is -2.21. The Morgan fingerprint density at radius 3 is 2.78 bits per heavy atom. The van der Waals surface area contributed by atoms with Gasteiger partial charge in [0.1, 0.15) is 5.75 Å². The van der Waals surface area contributed by atoms with Gasteiger partial charge in [-0.2, -0.15) is 0 Å². The number of nitrogens with zero attached hydrogens (tertiary/aromatic N) is 1. The maximum atomic E-state index is 11.0. The monoisotopic (exact) mass is 251 g/mol. The van der Waals surface area contributed by atoms with Crippen LogP contribution < -0.4 is 4.74 Å². The Balaban J connectivity index is 2.19. The van der Waals surface area contributed by atoms with Gasteiger partial charge in [0.25, 0.3) is 5.69 Å². The third-order valence-electron chi connectivity index (χ3n) is 3.33. The summed E-state index contributed by atoms with van der Waals surface area (Å²) in [7, 11) is 1.57. The van der Waals surface area contributed by atoms with Crippen LogP contribution in [0.5, 0.6) is 5.75 Å². The molecule has 0 aliphatic carbocycles. The highest BCUT2D eigenvalue weighted by Crippen LogP contribution is 2.29. The van der Waals surface area contributed by atoms with Gasteiger partial charge in [-0.05, 0) is 37.3 Å². The molecule has 0 spiro atoms. The largest absolute Gasteiger partial charge is 0.497 e. The van der Waals surface area contributed by atoms with E-state index in [9.17, 15) is 10.1 Å². The smallest absolute Gasteiger partial charge is 0.272 e. The molecular formula is C13H17NO4. The lowest BCUT2D eigenvalue weighted by molar-refractivity contribution is -0.385. The van der Waals surface area contributed by atoms with E-state index in [-0.39, 0.29) is 10.6 Å². The average molecular weight is 251 g/mol. The first-order valence-corrected chi connectivity index (χ1v) is 6.09. The minimum absolute atomic E-state index is 0.183. The number of nitro benzene ring substituents is 1. The summed E-state index contributed by atoms with van der Waals surface area (Å²) in [5.41, 5.74) is 0.938. The van der Waals surface area contributed by atoms with E-state index in [0.717, 1.165) is 38.0 Å². The predicted molar refractivity (Wildman–Crippen MR) is 66.9 cm³/mol. The first kappa shape index (κ1) is 12.8. The number of ether oxygens (including phenoxy) is 2. The predicted octanol–water partition coefficient (Wildman–Crippen LogP) is 2.57. The van der Waals surface area contributed by atoms with E-state index in [1.54, 1.807) is 19.2 Å². The second kappa shape index (κ2) is 5.82. The fourth-order valence-corrected chi connectivity index (χ4v) is 2.29. The Labute approximate surface area is 106 Å². The number of nitro groups is 1. The standard InChI is InChI=1S/C13H17NO4/c1-17-12-2-3-13(14(15)16)11(9-12)8-10-4-6-18-7-5-10/h2-3,9-10H,4-8H2,1H3. The molecule has 5 nitrogen and oxygen atoms in total. The molecule has 5 heteroatoms. The third kappa shape index (κ3) is 2.98. The Morgan fingerprint density at radius 1 is 1.44 bits per heavy atom. The summed E-state index contributed by atoms with van der Waals surface area (Å²) < 4.78 is 10.4. The van der Waals surface area contributed by atoms with E-state index in [1.165, 1.54) is 6.07 Å². The van der Waals surface area contributed by atoms with Crippen molar-refractivity contribution in [3.05, 3.63) is 33.9 Å². The van der Waals surface area contributed by atoms with E-state index >= 15 is 0 Å². The van der Waals surface area contributed by atoms with Gasteiger partial charge in [-0.1, -0.05) is 0 Å². The van der Waals surface area contributed by atoms with E-state index in [2.05, 4.69) is 0 Å². The average Bonchev–Trinajstić information content (AvgIpc) is 2.39. The molecule has 18 heavy (non-hydrogen) atoms. The van der Waals surface area contributed by atoms with Gasteiger partial charge in [0.2, 0.25) is 0 Å². The van der Waals surface area contributed by atoms with Crippen LogP contribution in [0.3, 0.4) is 0 Å². The van der Waals surface area contributed by atoms with E-state index in [0.29, 0.717) is 11.7 Å². The normalized spacial score (nSPS) is 16.5. The lowest BCUT2D eigenvalue weighted by Crippen LogP contribution is -2.18. The summed E-state index contributed by atoms with van der Waals surface area (Å²) in [6, 6.07) is 4.92. The molecule has 1 saturated heterocycles. The molecule has 1 heterocycles. The van der Waals surface area contributed by atoms with Crippen molar-refractivity contribution < 1.29 is 14.4 Å². The Kier molecular flexibility index (Phi) is 4.15.